The number of aryl methyl sites for hydroxylation is 1. The van der Waals surface area contributed by atoms with E-state index in [1.165, 1.54) is 24.8 Å². The van der Waals surface area contributed by atoms with Crippen LogP contribution in [0.4, 0.5) is 0 Å². The van der Waals surface area contributed by atoms with Crippen LogP contribution in [-0.2, 0) is 30.3 Å². The second-order valence-corrected chi connectivity index (χ2v) is 17.1. The van der Waals surface area contributed by atoms with Crippen LogP contribution in [0.15, 0.2) is 18.2 Å². The first kappa shape index (κ1) is 44.0. The second-order valence-electron chi connectivity index (χ2n) is 15.9. The van der Waals surface area contributed by atoms with Gasteiger partial charge in [0.05, 0.1) is 23.4 Å². The predicted molar refractivity (Wildman–Crippen MR) is 210 cm³/mol. The molecule has 9 atom stereocenters. The molecule has 2 aromatic carbocycles. The number of ether oxygens (including phenoxy) is 3. The number of carbonyl (C=O) groups excluding carboxylic acids is 4. The van der Waals surface area contributed by atoms with Gasteiger partial charge in [-0.3, -0.25) is 24.2 Å². The van der Waals surface area contributed by atoms with Crippen LogP contribution in [0.3, 0.4) is 0 Å². The van der Waals surface area contributed by atoms with Gasteiger partial charge in [0, 0.05) is 84.2 Å². The van der Waals surface area contributed by atoms with Gasteiger partial charge in [0.1, 0.15) is 42.3 Å². The fraction of sp³-hybridized carbons (Fsp3) is 0.537. The van der Waals surface area contributed by atoms with Crippen molar-refractivity contribution in [3.05, 3.63) is 57.2 Å². The van der Waals surface area contributed by atoms with Gasteiger partial charge in [-0.2, -0.15) is 5.26 Å². The van der Waals surface area contributed by atoms with E-state index in [1.807, 2.05) is 20.9 Å². The van der Waals surface area contributed by atoms with Crippen molar-refractivity contribution in [2.24, 2.45) is 5.92 Å². The molecule has 2 aromatic rings. The van der Waals surface area contributed by atoms with Gasteiger partial charge in [-0.25, -0.2) is 4.79 Å². The number of phenolic OH excluding ortho intramolecular Hbond substituents is 2. The van der Waals surface area contributed by atoms with Crippen LogP contribution < -0.4 is 25.4 Å². The third kappa shape index (κ3) is 7.35. The van der Waals surface area contributed by atoms with Gasteiger partial charge < -0.3 is 40.4 Å². The van der Waals surface area contributed by atoms with Crippen LogP contribution in [0.2, 0.25) is 0 Å². The second kappa shape index (κ2) is 17.2. The molecule has 8 rings (SSSR count). The Labute approximate surface area is 378 Å². The van der Waals surface area contributed by atoms with Gasteiger partial charge in [-0.1, -0.05) is 26.0 Å². The SMILES string of the molecule is C/C=C/C(=O)NC(C)C(=O)NC(C(=O)N[C@H]1CS[C@@H]2c3c(O)c(C)c4c(c3[C@@H](COC1=O)N1C2[C@H]2c3c(cc(C)c(C)c3O)C[C@@H]([C@@H]1C#N)N2C)OCO4)C(C)C.[Ac]. The molecule has 0 aromatic heterocycles. The molecule has 0 saturated carbocycles. The number of rotatable bonds is 7. The molecule has 15 nitrogen and oxygen atoms in total. The molecule has 17 heteroatoms. The summed E-state index contributed by atoms with van der Waals surface area (Å²) in [6, 6.07) is -1.21. The first-order valence-electron chi connectivity index (χ1n) is 19.3. The third-order valence-corrected chi connectivity index (χ3v) is 13.6. The summed E-state index contributed by atoms with van der Waals surface area (Å²) >= 11 is 1.33. The molecule has 4 bridgehead atoms. The summed E-state index contributed by atoms with van der Waals surface area (Å²) in [5.74, 6) is -1.73. The molecule has 58 heavy (non-hydrogen) atoms. The molecule has 2 saturated heterocycles. The van der Waals surface area contributed by atoms with E-state index in [4.69, 9.17) is 14.2 Å². The monoisotopic (exact) mass is 1030 g/mol. The van der Waals surface area contributed by atoms with Gasteiger partial charge in [0.25, 0.3) is 0 Å². The molecule has 1 radical (unpaired) electrons. The van der Waals surface area contributed by atoms with E-state index in [0.717, 1.165) is 22.3 Å². The molecule has 3 amide bonds. The average molecular weight is 1030 g/mol. The Balaban J connectivity index is 0.00000567. The Morgan fingerprint density at radius 1 is 1.00 bits per heavy atom. The Bertz CT molecular complexity index is 2110. The van der Waals surface area contributed by atoms with E-state index >= 15 is 0 Å². The van der Waals surface area contributed by atoms with E-state index in [9.17, 15) is 34.7 Å². The topological polar surface area (TPSA) is 203 Å². The van der Waals surface area contributed by atoms with Gasteiger partial charge in [-0.05, 0) is 76.8 Å². The number of carbonyl (C=O) groups is 4. The average Bonchev–Trinajstić information content (AvgIpc) is 3.66. The van der Waals surface area contributed by atoms with Crippen LogP contribution in [0.25, 0.3) is 0 Å². The molecule has 2 fully saturated rings. The van der Waals surface area contributed by atoms with Gasteiger partial charge in [0.2, 0.25) is 24.5 Å². The number of benzene rings is 2. The smallest absolute Gasteiger partial charge is 0.329 e. The molecule has 0 spiro atoms. The van der Waals surface area contributed by atoms with E-state index in [0.29, 0.717) is 34.6 Å². The molecular formula is C41H50AcN6O9S. The fourth-order valence-electron chi connectivity index (χ4n) is 9.23. The standard InChI is InChI=1S/C41H50N6O9S.Ac/c1-9-10-27(48)43-21(7)39(51)45-31(17(2)3)40(52)44-23-15-57-38-30-29(37-36(55-16-56-37)20(6)35(30)50)26(14-54-41(23)53)47-25(13-42)24-12-22-11-18(4)19(5)34(49)28(22)32(33(38)47)46(24)8;/h9-11,17,21,23-26,31-33,38,49-50H,12,14-16H2,1-8H3,(H,43,48)(H,44,52)(H,45,51);/b10-9+;/t21?,23-,24-,25-,26+,31?,32+,33?,38+;/m0./s1. The number of thioether (sulfide) groups is 1. The summed E-state index contributed by atoms with van der Waals surface area (Å²) in [6.45, 7) is 12.0. The molecule has 0 aliphatic carbocycles. The van der Waals surface area contributed by atoms with Crippen molar-refractivity contribution in [1.29, 1.82) is 5.26 Å². The Hall–Kier alpha value is -3.54. The number of esters is 1. The quantitative estimate of drug-likeness (QED) is 0.200. The zero-order valence-corrected chi connectivity index (χ0v) is 39.5. The van der Waals surface area contributed by atoms with Crippen molar-refractivity contribution < 1.29 is 87.7 Å². The van der Waals surface area contributed by atoms with E-state index < -0.39 is 77.2 Å². The van der Waals surface area contributed by atoms with Crippen LogP contribution in [0.1, 0.15) is 84.0 Å². The number of allylic oxidation sites excluding steroid dienone is 1. The molecule has 3 unspecified atom stereocenters. The van der Waals surface area contributed by atoms with Crippen molar-refractivity contribution in [3.63, 3.8) is 0 Å². The minimum atomic E-state index is -1.17. The minimum absolute atomic E-state index is 0. The zero-order chi connectivity index (χ0) is 41.2. The van der Waals surface area contributed by atoms with Crippen LogP contribution >= 0.6 is 11.8 Å². The fourth-order valence-corrected chi connectivity index (χ4v) is 10.7. The van der Waals surface area contributed by atoms with Crippen molar-refractivity contribution in [1.82, 2.24) is 25.8 Å². The summed E-state index contributed by atoms with van der Waals surface area (Å²) in [6.07, 6.45) is 3.35. The van der Waals surface area contributed by atoms with Gasteiger partial charge >= 0.3 is 5.97 Å². The summed E-state index contributed by atoms with van der Waals surface area (Å²) in [5, 5.41) is 42.4. The first-order chi connectivity index (χ1) is 27.1. The van der Waals surface area contributed by atoms with Crippen LogP contribution in [0.5, 0.6) is 23.0 Å². The number of hydrogen-bond donors (Lipinski definition) is 5. The molecule has 6 heterocycles. The Morgan fingerprint density at radius 2 is 1.69 bits per heavy atom. The summed E-state index contributed by atoms with van der Waals surface area (Å²) in [5.41, 5.74) is 5.06. The summed E-state index contributed by atoms with van der Waals surface area (Å²) in [7, 11) is 1.97. The molecular weight excluding hydrogens is 980 g/mol. The molecule has 5 N–H and O–H groups in total. The Morgan fingerprint density at radius 3 is 2.36 bits per heavy atom. The third-order valence-electron chi connectivity index (χ3n) is 12.2. The van der Waals surface area contributed by atoms with Gasteiger partial charge in [-0.15, -0.1) is 11.8 Å². The number of phenols is 2. The number of nitrogens with one attached hydrogen (secondary N) is 3. The van der Waals surface area contributed by atoms with Crippen molar-refractivity contribution in [3.8, 4) is 29.1 Å². The van der Waals surface area contributed by atoms with E-state index in [1.54, 1.807) is 33.8 Å². The van der Waals surface area contributed by atoms with E-state index in [-0.39, 0.29) is 80.8 Å². The molecule has 307 valence electrons. The number of aromatic hydroxyl groups is 2. The van der Waals surface area contributed by atoms with Crippen LogP contribution in [0, 0.1) is 82.1 Å². The minimum Gasteiger partial charge on any atom is -0.507 e. The number of amides is 3. The summed E-state index contributed by atoms with van der Waals surface area (Å²) in [4.78, 5) is 57.4. The normalized spacial score (nSPS) is 26.9. The maximum absolute atomic E-state index is 14.0. The van der Waals surface area contributed by atoms with Crippen molar-refractivity contribution in [2.45, 2.75) is 108 Å². The number of likely N-dealkylation sites (N-methyl/N-ethyl adjacent to an activating group) is 1. The maximum atomic E-state index is 14.0. The Kier molecular flexibility index (Phi) is 13.1. The maximum Gasteiger partial charge on any atom is 0.329 e. The number of nitrogens with zero attached hydrogens (tertiary/aromatic N) is 3. The van der Waals surface area contributed by atoms with Crippen molar-refractivity contribution in [2.75, 3.05) is 26.2 Å². The summed E-state index contributed by atoms with van der Waals surface area (Å²) < 4.78 is 18.0. The number of fused-ring (bicyclic) bond motifs is 10. The first-order valence-corrected chi connectivity index (χ1v) is 20.3. The molecule has 6 aliphatic rings. The zero-order valence-electron chi connectivity index (χ0n) is 33.9. The van der Waals surface area contributed by atoms with Crippen LogP contribution in [-0.4, -0.2) is 106 Å². The number of piperazine rings is 1. The molecule has 6 aliphatic heterocycles. The van der Waals surface area contributed by atoms with E-state index in [2.05, 4.69) is 37.9 Å². The number of nitriles is 1. The van der Waals surface area contributed by atoms with Gasteiger partial charge in [0.15, 0.2) is 11.5 Å². The largest absolute Gasteiger partial charge is 0.507 e. The predicted octanol–water partition coefficient (Wildman–Crippen LogP) is 3.02. The number of hydrogen-bond acceptors (Lipinski definition) is 13. The van der Waals surface area contributed by atoms with Crippen molar-refractivity contribution >= 4 is 35.5 Å².